The van der Waals surface area contributed by atoms with Crippen LogP contribution in [0.1, 0.15) is 15.9 Å². The average Bonchev–Trinajstić information content (AvgIpc) is 3.23. The Morgan fingerprint density at radius 3 is 2.70 bits per heavy atom. The second-order valence-corrected chi connectivity index (χ2v) is 9.10. The Bertz CT molecular complexity index is 1560. The van der Waals surface area contributed by atoms with E-state index in [1.54, 1.807) is 36.5 Å². The molecule has 2 N–H and O–H groups in total. The Morgan fingerprint density at radius 2 is 1.85 bits per heavy atom. The van der Waals surface area contributed by atoms with Gasteiger partial charge in [0, 0.05) is 6.20 Å². The van der Waals surface area contributed by atoms with Gasteiger partial charge in [-0.1, -0.05) is 30.3 Å². The summed E-state index contributed by atoms with van der Waals surface area (Å²) in [6, 6.07) is 19.2. The normalized spacial score (nSPS) is 11.4. The number of nitrogens with zero attached hydrogens (tertiary/aromatic N) is 4. The molecule has 0 unspecified atom stereocenters. The van der Waals surface area contributed by atoms with E-state index < -0.39 is 5.91 Å². The largest absolute Gasteiger partial charge is 0.507 e. The van der Waals surface area contributed by atoms with Crippen molar-refractivity contribution in [1.82, 2.24) is 19.8 Å². The molecule has 0 aliphatic rings. The third-order valence-corrected chi connectivity index (χ3v) is 6.80. The van der Waals surface area contributed by atoms with Crippen molar-refractivity contribution in [1.29, 1.82) is 0 Å². The molecule has 3 aromatic heterocycles. The number of phenols is 1. The fourth-order valence-corrected chi connectivity index (χ4v) is 5.20. The van der Waals surface area contributed by atoms with Crippen LogP contribution in [0.15, 0.2) is 92.2 Å². The molecule has 10 heteroatoms. The molecule has 0 radical (unpaired) electrons. The molecule has 0 saturated heterocycles. The lowest BCUT2D eigenvalue weighted by Gasteiger charge is -2.06. The average molecular weight is 474 g/mol. The van der Waals surface area contributed by atoms with Crippen molar-refractivity contribution in [2.75, 3.05) is 0 Å². The van der Waals surface area contributed by atoms with Gasteiger partial charge in [-0.05, 0) is 48.2 Å². The van der Waals surface area contributed by atoms with Crippen LogP contribution < -0.4 is 11.0 Å². The van der Waals surface area contributed by atoms with Gasteiger partial charge in [0.2, 0.25) is 0 Å². The molecule has 33 heavy (non-hydrogen) atoms. The zero-order chi connectivity index (χ0) is 22.8. The number of thiazole rings is 1. The van der Waals surface area contributed by atoms with E-state index >= 15 is 0 Å². The van der Waals surface area contributed by atoms with Crippen LogP contribution in [0.3, 0.4) is 0 Å². The molecule has 0 aliphatic carbocycles. The summed E-state index contributed by atoms with van der Waals surface area (Å²) in [4.78, 5) is 34.7. The summed E-state index contributed by atoms with van der Waals surface area (Å²) in [5, 5.41) is 14.2. The number of carbonyl (C=O) groups is 1. The van der Waals surface area contributed by atoms with Gasteiger partial charge < -0.3 is 5.11 Å². The minimum absolute atomic E-state index is 0.0760. The van der Waals surface area contributed by atoms with Crippen molar-refractivity contribution in [2.45, 2.75) is 9.37 Å². The molecule has 0 saturated carbocycles. The van der Waals surface area contributed by atoms with E-state index in [9.17, 15) is 14.7 Å². The van der Waals surface area contributed by atoms with Crippen LogP contribution in [-0.4, -0.2) is 31.6 Å². The van der Waals surface area contributed by atoms with Crippen molar-refractivity contribution >= 4 is 51.1 Å². The molecule has 0 bridgehead atoms. The number of aromatic nitrogens is 3. The molecule has 8 nitrogen and oxygen atoms in total. The maximum atomic E-state index is 13.2. The van der Waals surface area contributed by atoms with Crippen LogP contribution in [0.25, 0.3) is 15.9 Å². The van der Waals surface area contributed by atoms with Crippen LogP contribution >= 0.6 is 23.1 Å². The Labute approximate surface area is 195 Å². The molecule has 1 amide bonds. The first-order chi connectivity index (χ1) is 16.1. The number of para-hydroxylation sites is 2. The number of phenolic OH excluding ortho intramolecular Hbond substituents is 1. The number of pyridine rings is 1. The summed E-state index contributed by atoms with van der Waals surface area (Å²) in [5.41, 5.74) is 3.66. The van der Waals surface area contributed by atoms with Crippen LogP contribution in [0.4, 0.5) is 0 Å². The van der Waals surface area contributed by atoms with Crippen molar-refractivity contribution in [3.8, 4) is 5.75 Å². The standard InChI is InChI=1S/C23H15N5O3S2/c29-17-9-3-1-7-14(17)20(30)27-24-13-15-21(26-19-11-5-6-12-28(19)22(15)31)33-23-25-16-8-2-4-10-18(16)32-23/h1-13,29H,(H,27,30). The summed E-state index contributed by atoms with van der Waals surface area (Å²) in [6.45, 7) is 0. The summed E-state index contributed by atoms with van der Waals surface area (Å²) in [6.07, 6.45) is 2.89. The number of amides is 1. The Morgan fingerprint density at radius 1 is 1.06 bits per heavy atom. The van der Waals surface area contributed by atoms with Gasteiger partial charge in [0.05, 0.1) is 27.6 Å². The number of hydrogen-bond acceptors (Lipinski definition) is 8. The minimum Gasteiger partial charge on any atom is -0.507 e. The van der Waals surface area contributed by atoms with Gasteiger partial charge in [-0.2, -0.15) is 5.10 Å². The van der Waals surface area contributed by atoms with Crippen molar-refractivity contribution < 1.29 is 9.90 Å². The van der Waals surface area contributed by atoms with Crippen LogP contribution in [0.2, 0.25) is 0 Å². The number of nitrogens with one attached hydrogen (secondary N) is 1. The number of hydrazone groups is 1. The van der Waals surface area contributed by atoms with Gasteiger partial charge in [-0.3, -0.25) is 14.0 Å². The first-order valence-corrected chi connectivity index (χ1v) is 11.4. The first kappa shape index (κ1) is 20.9. The highest BCUT2D eigenvalue weighted by atomic mass is 32.2. The van der Waals surface area contributed by atoms with Crippen molar-refractivity contribution in [3.63, 3.8) is 0 Å². The maximum Gasteiger partial charge on any atom is 0.275 e. The van der Waals surface area contributed by atoms with Crippen molar-refractivity contribution in [2.24, 2.45) is 5.10 Å². The van der Waals surface area contributed by atoms with E-state index in [-0.39, 0.29) is 22.4 Å². The third kappa shape index (κ3) is 4.21. The van der Waals surface area contributed by atoms with Crippen molar-refractivity contribution in [3.05, 3.63) is 94.4 Å². The zero-order valence-corrected chi connectivity index (χ0v) is 18.5. The quantitative estimate of drug-likeness (QED) is 0.227. The third-order valence-electron chi connectivity index (χ3n) is 4.70. The van der Waals surface area contributed by atoms with E-state index in [0.717, 1.165) is 14.6 Å². The monoisotopic (exact) mass is 473 g/mol. The van der Waals surface area contributed by atoms with Gasteiger partial charge in [0.15, 0.2) is 4.34 Å². The maximum absolute atomic E-state index is 13.2. The number of benzene rings is 2. The molecule has 0 atom stereocenters. The second kappa shape index (κ2) is 8.85. The zero-order valence-electron chi connectivity index (χ0n) is 16.9. The van der Waals surface area contributed by atoms with Crippen LogP contribution in [0, 0.1) is 0 Å². The molecule has 5 rings (SSSR count). The summed E-state index contributed by atoms with van der Waals surface area (Å²) in [5.74, 6) is -0.761. The van der Waals surface area contributed by atoms with E-state index in [0.29, 0.717) is 10.7 Å². The number of carbonyl (C=O) groups excluding carboxylic acids is 1. The lowest BCUT2D eigenvalue weighted by atomic mass is 10.2. The van der Waals surface area contributed by atoms with Gasteiger partial charge in [0.1, 0.15) is 16.4 Å². The summed E-state index contributed by atoms with van der Waals surface area (Å²) in [7, 11) is 0. The Balaban J connectivity index is 1.51. The molecule has 5 aromatic rings. The van der Waals surface area contributed by atoms with Crippen LogP contribution in [-0.2, 0) is 0 Å². The predicted molar refractivity (Wildman–Crippen MR) is 128 cm³/mol. The molecule has 2 aromatic carbocycles. The first-order valence-electron chi connectivity index (χ1n) is 9.76. The van der Waals surface area contributed by atoms with E-state index in [4.69, 9.17) is 0 Å². The number of aromatic hydroxyl groups is 1. The SMILES string of the molecule is O=C(NN=Cc1c(Sc2nc3ccccc3s2)nc2ccccn2c1=O)c1ccccc1O. The second-order valence-electron chi connectivity index (χ2n) is 6.83. The molecule has 0 aliphatic heterocycles. The fourth-order valence-electron chi connectivity index (χ4n) is 3.13. The lowest BCUT2D eigenvalue weighted by molar-refractivity contribution is 0.0952. The molecule has 162 valence electrons. The summed E-state index contributed by atoms with van der Waals surface area (Å²) >= 11 is 2.77. The van der Waals surface area contributed by atoms with E-state index in [1.165, 1.54) is 45.8 Å². The topological polar surface area (TPSA) is 109 Å². The summed E-state index contributed by atoms with van der Waals surface area (Å²) < 4.78 is 3.17. The molecular formula is C23H15N5O3S2. The Kier molecular flexibility index (Phi) is 5.59. The van der Waals surface area contributed by atoms with Gasteiger partial charge in [-0.25, -0.2) is 15.4 Å². The smallest absolute Gasteiger partial charge is 0.275 e. The number of hydrogen-bond donors (Lipinski definition) is 2. The predicted octanol–water partition coefficient (Wildman–Crippen LogP) is 3.92. The van der Waals surface area contributed by atoms with E-state index in [2.05, 4.69) is 20.5 Å². The van der Waals surface area contributed by atoms with E-state index in [1.807, 2.05) is 24.3 Å². The lowest BCUT2D eigenvalue weighted by Crippen LogP contribution is -2.23. The molecule has 0 spiro atoms. The molecule has 3 heterocycles. The highest BCUT2D eigenvalue weighted by Gasteiger charge is 2.16. The minimum atomic E-state index is -0.599. The van der Waals surface area contributed by atoms with Gasteiger partial charge >= 0.3 is 0 Å². The number of fused-ring (bicyclic) bond motifs is 2. The Hall–Kier alpha value is -4.02. The van der Waals surface area contributed by atoms with Gasteiger partial charge in [-0.15, -0.1) is 11.3 Å². The highest BCUT2D eigenvalue weighted by molar-refractivity contribution is 8.01. The number of rotatable bonds is 5. The molecular weight excluding hydrogens is 458 g/mol. The van der Waals surface area contributed by atoms with Gasteiger partial charge in [0.25, 0.3) is 11.5 Å². The highest BCUT2D eigenvalue weighted by Crippen LogP contribution is 2.34. The van der Waals surface area contributed by atoms with Crippen LogP contribution in [0.5, 0.6) is 5.75 Å². The fraction of sp³-hybridized carbons (Fsp3) is 0. The molecule has 0 fully saturated rings.